The summed E-state index contributed by atoms with van der Waals surface area (Å²) in [6.45, 7) is 10.7. The summed E-state index contributed by atoms with van der Waals surface area (Å²) in [5, 5.41) is 34.9. The maximum absolute atomic E-state index is 10.8. The van der Waals surface area contributed by atoms with Crippen molar-refractivity contribution in [2.45, 2.75) is 94.7 Å². The number of oxime groups is 1. The fourth-order valence-corrected chi connectivity index (χ4v) is 8.95. The second-order valence-corrected chi connectivity index (χ2v) is 15.3. The predicted octanol–water partition coefficient (Wildman–Crippen LogP) is 7.20. The van der Waals surface area contributed by atoms with E-state index in [0.29, 0.717) is 13.0 Å². The van der Waals surface area contributed by atoms with Gasteiger partial charge in [0.05, 0.1) is 23.5 Å². The van der Waals surface area contributed by atoms with Crippen molar-refractivity contribution in [1.29, 1.82) is 0 Å². The number of aromatic hydroxyl groups is 1. The van der Waals surface area contributed by atoms with Crippen LogP contribution in [0.3, 0.4) is 0 Å². The minimum Gasteiger partial charge on any atom is -0.508 e. The van der Waals surface area contributed by atoms with E-state index in [1.54, 1.807) is 12.1 Å². The standard InChI is InChI=1S/C38H52N2O6S/c1-5-21-44-38-34(47-22-16-26-14-17-39-18-15-26)25-32(40-46-37(2,3)4)30-23-27(10-6-8-19-41)29(11-7-9-20-42)35(36(30)38)31-24-28(43)12-13-33(31)45-38/h5,12-15,17-18,23-24,27,29,34-36,41-43H,1,6-11,16,19-22,25H2,2-4H3/t27-,29+,34-,35+,36+,38+/m0/s1. The Morgan fingerprint density at radius 3 is 2.53 bits per heavy atom. The van der Waals surface area contributed by atoms with E-state index >= 15 is 0 Å². The molecule has 9 heteroatoms. The molecule has 0 spiro atoms. The average Bonchev–Trinajstić information content (AvgIpc) is 3.05. The van der Waals surface area contributed by atoms with Crippen LogP contribution >= 0.6 is 11.8 Å². The molecule has 2 aliphatic carbocycles. The van der Waals surface area contributed by atoms with E-state index in [-0.39, 0.29) is 47.9 Å². The zero-order valence-electron chi connectivity index (χ0n) is 28.1. The number of aliphatic hydroxyl groups is 2. The number of rotatable bonds is 16. The Bertz CT molecular complexity index is 1390. The molecule has 0 bridgehead atoms. The van der Waals surface area contributed by atoms with Gasteiger partial charge in [0.15, 0.2) is 0 Å². The van der Waals surface area contributed by atoms with E-state index < -0.39 is 11.4 Å². The first-order chi connectivity index (χ1) is 22.7. The van der Waals surface area contributed by atoms with Crippen molar-refractivity contribution in [3.63, 3.8) is 0 Å². The largest absolute Gasteiger partial charge is 0.508 e. The molecule has 0 amide bonds. The molecule has 5 rings (SSSR count). The maximum atomic E-state index is 10.8. The third kappa shape index (κ3) is 8.24. The number of benzene rings is 1. The van der Waals surface area contributed by atoms with Crippen molar-refractivity contribution in [2.75, 3.05) is 25.6 Å². The molecule has 1 fully saturated rings. The second kappa shape index (κ2) is 16.0. The topological polar surface area (TPSA) is 114 Å². The number of hydrogen-bond donors (Lipinski definition) is 3. The van der Waals surface area contributed by atoms with Gasteiger partial charge in [-0.25, -0.2) is 0 Å². The van der Waals surface area contributed by atoms with Gasteiger partial charge in [0.2, 0.25) is 5.79 Å². The molecule has 1 aromatic carbocycles. The predicted molar refractivity (Wildman–Crippen MR) is 188 cm³/mol. The number of allylic oxidation sites excluding steroid dienone is 1. The van der Waals surface area contributed by atoms with Crippen LogP contribution in [0.4, 0.5) is 0 Å². The number of phenolic OH excluding ortho intramolecular Hbond substituents is 1. The molecule has 256 valence electrons. The van der Waals surface area contributed by atoms with Gasteiger partial charge in [0.25, 0.3) is 0 Å². The molecule has 2 heterocycles. The molecule has 47 heavy (non-hydrogen) atoms. The van der Waals surface area contributed by atoms with Gasteiger partial charge in [-0.05, 0) is 112 Å². The number of fused-ring (bicyclic) bond motifs is 2. The zero-order chi connectivity index (χ0) is 33.4. The quantitative estimate of drug-likeness (QED) is 0.0982. The lowest BCUT2D eigenvalue weighted by atomic mass is 9.56. The van der Waals surface area contributed by atoms with E-state index in [2.05, 4.69) is 29.8 Å². The van der Waals surface area contributed by atoms with E-state index in [1.807, 2.05) is 57.1 Å². The smallest absolute Gasteiger partial charge is 0.230 e. The number of unbranched alkanes of at least 4 members (excludes halogenated alkanes) is 2. The normalized spacial score (nSPS) is 27.4. The Labute approximate surface area is 284 Å². The molecule has 0 radical (unpaired) electrons. The van der Waals surface area contributed by atoms with Gasteiger partial charge in [0.1, 0.15) is 17.1 Å². The van der Waals surface area contributed by atoms with E-state index in [4.69, 9.17) is 19.5 Å². The molecule has 1 aliphatic heterocycles. The molecule has 1 aromatic heterocycles. The fraction of sp³-hybridized carbons (Fsp3) is 0.579. The highest BCUT2D eigenvalue weighted by molar-refractivity contribution is 8.00. The van der Waals surface area contributed by atoms with Crippen LogP contribution in [0.2, 0.25) is 0 Å². The third-order valence-corrected chi connectivity index (χ3v) is 10.9. The van der Waals surface area contributed by atoms with Crippen LogP contribution in [0.1, 0.15) is 82.8 Å². The number of phenols is 1. The fourth-order valence-electron chi connectivity index (χ4n) is 7.55. The van der Waals surface area contributed by atoms with Crippen molar-refractivity contribution in [1.82, 2.24) is 4.98 Å². The lowest BCUT2D eigenvalue weighted by Crippen LogP contribution is -2.64. The van der Waals surface area contributed by atoms with Crippen molar-refractivity contribution in [3.8, 4) is 11.5 Å². The molecule has 2 aromatic rings. The number of aliphatic hydroxyl groups excluding tert-OH is 2. The van der Waals surface area contributed by atoms with Gasteiger partial charge in [0, 0.05) is 43.5 Å². The molecule has 0 unspecified atom stereocenters. The van der Waals surface area contributed by atoms with Crippen LogP contribution in [0.15, 0.2) is 72.2 Å². The summed E-state index contributed by atoms with van der Waals surface area (Å²) in [6, 6.07) is 9.56. The van der Waals surface area contributed by atoms with Crippen molar-refractivity contribution < 1.29 is 29.6 Å². The first-order valence-corrected chi connectivity index (χ1v) is 18.2. The molecule has 8 nitrogen and oxygen atoms in total. The highest BCUT2D eigenvalue weighted by Gasteiger charge is 2.63. The van der Waals surface area contributed by atoms with Crippen molar-refractivity contribution in [2.24, 2.45) is 22.9 Å². The number of aryl methyl sites for hydroxylation is 1. The van der Waals surface area contributed by atoms with Gasteiger partial charge in [-0.2, -0.15) is 11.8 Å². The summed E-state index contributed by atoms with van der Waals surface area (Å²) in [5.41, 5.74) is 3.76. The van der Waals surface area contributed by atoms with Crippen LogP contribution in [0.5, 0.6) is 11.5 Å². The Morgan fingerprint density at radius 2 is 1.83 bits per heavy atom. The molecule has 1 saturated carbocycles. The summed E-state index contributed by atoms with van der Waals surface area (Å²) in [4.78, 5) is 10.3. The summed E-state index contributed by atoms with van der Waals surface area (Å²) in [6.07, 6.45) is 14.4. The van der Waals surface area contributed by atoms with Crippen LogP contribution in [0.25, 0.3) is 0 Å². The second-order valence-electron chi connectivity index (χ2n) is 13.9. The molecular weight excluding hydrogens is 612 g/mol. The first kappa shape index (κ1) is 35.5. The van der Waals surface area contributed by atoms with Crippen LogP contribution in [0, 0.1) is 17.8 Å². The van der Waals surface area contributed by atoms with Gasteiger partial charge >= 0.3 is 0 Å². The monoisotopic (exact) mass is 664 g/mol. The highest BCUT2D eigenvalue weighted by atomic mass is 32.2. The Morgan fingerprint density at radius 1 is 1.09 bits per heavy atom. The van der Waals surface area contributed by atoms with Crippen LogP contribution < -0.4 is 4.74 Å². The number of ether oxygens (including phenoxy) is 2. The van der Waals surface area contributed by atoms with Crippen LogP contribution in [-0.2, 0) is 16.0 Å². The number of hydrogen-bond acceptors (Lipinski definition) is 9. The highest BCUT2D eigenvalue weighted by Crippen LogP contribution is 2.62. The lowest BCUT2D eigenvalue weighted by Gasteiger charge is -2.58. The lowest BCUT2D eigenvalue weighted by molar-refractivity contribution is -0.223. The van der Waals surface area contributed by atoms with E-state index in [1.165, 1.54) is 5.56 Å². The molecule has 3 aliphatic rings. The van der Waals surface area contributed by atoms with Gasteiger partial charge in [-0.3, -0.25) is 4.98 Å². The third-order valence-electron chi connectivity index (χ3n) is 9.52. The minimum atomic E-state index is -1.01. The van der Waals surface area contributed by atoms with Crippen molar-refractivity contribution >= 4 is 17.5 Å². The minimum absolute atomic E-state index is 0.0306. The number of aromatic nitrogens is 1. The number of thioether (sulfide) groups is 1. The Balaban J connectivity index is 1.67. The van der Waals surface area contributed by atoms with Crippen molar-refractivity contribution in [3.05, 3.63) is 78.2 Å². The SMILES string of the molecule is C=CCO[C@@]12Oc3ccc(O)cc3[C@H]3[C@H](CCCCO)[C@@H](CCCCO)C=C(C(=NOC(C)(C)C)C[C@@H]1SCCc1ccncc1)[C@H]32. The summed E-state index contributed by atoms with van der Waals surface area (Å²) < 4.78 is 14.0. The van der Waals surface area contributed by atoms with E-state index in [9.17, 15) is 15.3 Å². The van der Waals surface area contributed by atoms with Crippen LogP contribution in [-0.4, -0.2) is 68.2 Å². The maximum Gasteiger partial charge on any atom is 0.230 e. The van der Waals surface area contributed by atoms with Gasteiger partial charge in [-0.1, -0.05) is 30.1 Å². The summed E-state index contributed by atoms with van der Waals surface area (Å²) >= 11 is 1.84. The zero-order valence-corrected chi connectivity index (χ0v) is 29.0. The molecule has 0 saturated heterocycles. The summed E-state index contributed by atoms with van der Waals surface area (Å²) in [5.74, 6) is 0.959. The molecule has 3 N–H and O–H groups in total. The van der Waals surface area contributed by atoms with E-state index in [0.717, 1.165) is 73.3 Å². The molecular formula is C38H52N2O6S. The van der Waals surface area contributed by atoms with Gasteiger partial charge < -0.3 is 29.6 Å². The first-order valence-electron chi connectivity index (χ1n) is 17.2. The Hall–Kier alpha value is -2.85. The number of nitrogens with zero attached hydrogens (tertiary/aromatic N) is 2. The van der Waals surface area contributed by atoms with Gasteiger partial charge in [-0.15, -0.1) is 6.58 Å². The Kier molecular flexibility index (Phi) is 12.1. The average molecular weight is 665 g/mol. The molecule has 6 atom stereocenters. The number of pyridine rings is 1. The summed E-state index contributed by atoms with van der Waals surface area (Å²) in [7, 11) is 0.